The summed E-state index contributed by atoms with van der Waals surface area (Å²) >= 11 is 0. The molecule has 0 aliphatic carbocycles. The number of tetrazole rings is 1. The molecule has 0 fully saturated rings. The first-order valence-electron chi connectivity index (χ1n) is 6.63. The summed E-state index contributed by atoms with van der Waals surface area (Å²) in [5, 5.41) is 12.4. The van der Waals surface area contributed by atoms with E-state index in [2.05, 4.69) is 15.4 Å². The molecule has 2 aromatic carbocycles. The average Bonchev–Trinajstić information content (AvgIpc) is 2.97. The van der Waals surface area contributed by atoms with Crippen LogP contribution in [0.15, 0.2) is 54.6 Å². The number of aromatic nitrogens is 4. The second-order valence-electron chi connectivity index (χ2n) is 4.50. The van der Waals surface area contributed by atoms with Gasteiger partial charge in [-0.05, 0) is 17.3 Å². The molecule has 0 saturated carbocycles. The summed E-state index contributed by atoms with van der Waals surface area (Å²) in [6.45, 7) is 0.975. The van der Waals surface area contributed by atoms with Crippen LogP contribution in [0.1, 0.15) is 0 Å². The molecule has 0 unspecified atom stereocenters. The molecule has 1 heterocycles. The summed E-state index contributed by atoms with van der Waals surface area (Å²) in [5.41, 5.74) is 7.31. The van der Waals surface area contributed by atoms with Crippen molar-refractivity contribution >= 4 is 5.69 Å². The van der Waals surface area contributed by atoms with E-state index in [9.17, 15) is 0 Å². The number of benzene rings is 2. The maximum atomic E-state index is 5.69. The van der Waals surface area contributed by atoms with E-state index in [1.54, 1.807) is 6.07 Å². The fraction of sp³-hybridized carbons (Fsp3) is 0.133. The Hall–Kier alpha value is -2.89. The normalized spacial score (nSPS) is 10.5. The lowest BCUT2D eigenvalue weighted by atomic mass is 10.2. The van der Waals surface area contributed by atoms with Gasteiger partial charge >= 0.3 is 0 Å². The minimum Gasteiger partial charge on any atom is -0.492 e. The Morgan fingerprint density at radius 1 is 1.05 bits per heavy atom. The molecule has 1 aromatic heterocycles. The predicted molar refractivity (Wildman–Crippen MR) is 79.6 cm³/mol. The maximum Gasteiger partial charge on any atom is 0.204 e. The van der Waals surface area contributed by atoms with Crippen LogP contribution in [0.25, 0.3) is 11.4 Å². The lowest BCUT2D eigenvalue weighted by Gasteiger charge is -2.05. The predicted octanol–water partition coefficient (Wildman–Crippen LogP) is 2.00. The van der Waals surface area contributed by atoms with E-state index < -0.39 is 0 Å². The van der Waals surface area contributed by atoms with E-state index in [1.807, 2.05) is 48.5 Å². The molecule has 0 saturated heterocycles. The number of rotatable bonds is 5. The summed E-state index contributed by atoms with van der Waals surface area (Å²) in [7, 11) is 0. The fourth-order valence-corrected chi connectivity index (χ4v) is 1.89. The van der Waals surface area contributed by atoms with Gasteiger partial charge in [0.1, 0.15) is 12.4 Å². The third-order valence-corrected chi connectivity index (χ3v) is 2.90. The minimum absolute atomic E-state index is 0.452. The van der Waals surface area contributed by atoms with Crippen molar-refractivity contribution in [3.05, 3.63) is 54.6 Å². The van der Waals surface area contributed by atoms with Gasteiger partial charge in [-0.25, -0.2) is 0 Å². The first-order valence-corrected chi connectivity index (χ1v) is 6.63. The van der Waals surface area contributed by atoms with Gasteiger partial charge in [0.05, 0.1) is 6.54 Å². The molecular formula is C15H15N5O. The van der Waals surface area contributed by atoms with Crippen LogP contribution in [-0.4, -0.2) is 26.8 Å². The summed E-state index contributed by atoms with van der Waals surface area (Å²) in [6.07, 6.45) is 0. The van der Waals surface area contributed by atoms with Crippen LogP contribution in [0, 0.1) is 0 Å². The van der Waals surface area contributed by atoms with Gasteiger partial charge in [-0.3, -0.25) is 0 Å². The first kappa shape index (κ1) is 13.1. The van der Waals surface area contributed by atoms with Crippen LogP contribution in [-0.2, 0) is 6.54 Å². The zero-order chi connectivity index (χ0) is 14.5. The van der Waals surface area contributed by atoms with Crippen molar-refractivity contribution in [2.45, 2.75) is 6.54 Å². The summed E-state index contributed by atoms with van der Waals surface area (Å²) < 4.78 is 5.60. The van der Waals surface area contributed by atoms with Gasteiger partial charge in [-0.1, -0.05) is 36.4 Å². The second-order valence-corrected chi connectivity index (χ2v) is 4.50. The summed E-state index contributed by atoms with van der Waals surface area (Å²) in [5.74, 6) is 1.35. The van der Waals surface area contributed by atoms with E-state index in [-0.39, 0.29) is 0 Å². The number of nitrogens with zero attached hydrogens (tertiary/aromatic N) is 4. The lowest BCUT2D eigenvalue weighted by molar-refractivity contribution is 0.280. The zero-order valence-electron chi connectivity index (χ0n) is 11.4. The van der Waals surface area contributed by atoms with Crippen LogP contribution >= 0.6 is 0 Å². The number of anilines is 1. The molecule has 21 heavy (non-hydrogen) atoms. The number of nitrogens with two attached hydrogens (primary N) is 1. The van der Waals surface area contributed by atoms with Crippen LogP contribution in [0.2, 0.25) is 0 Å². The molecule has 0 aliphatic heterocycles. The first-order chi connectivity index (χ1) is 10.3. The summed E-state index contributed by atoms with van der Waals surface area (Å²) in [4.78, 5) is 1.52. The highest BCUT2D eigenvalue weighted by atomic mass is 16.5. The molecule has 0 aliphatic rings. The van der Waals surface area contributed by atoms with Crippen LogP contribution in [0.4, 0.5) is 5.69 Å². The molecule has 0 bridgehead atoms. The van der Waals surface area contributed by atoms with Crippen LogP contribution in [0.3, 0.4) is 0 Å². The highest BCUT2D eigenvalue weighted by molar-refractivity contribution is 5.52. The van der Waals surface area contributed by atoms with E-state index in [4.69, 9.17) is 10.5 Å². The summed E-state index contributed by atoms with van der Waals surface area (Å²) in [6, 6.07) is 17.1. The second kappa shape index (κ2) is 6.04. The largest absolute Gasteiger partial charge is 0.492 e. The Balaban J connectivity index is 1.58. The van der Waals surface area contributed by atoms with Crippen molar-refractivity contribution in [2.24, 2.45) is 0 Å². The van der Waals surface area contributed by atoms with Crippen molar-refractivity contribution in [1.29, 1.82) is 0 Å². The number of hydrogen-bond acceptors (Lipinski definition) is 5. The quantitative estimate of drug-likeness (QED) is 0.724. The van der Waals surface area contributed by atoms with Gasteiger partial charge < -0.3 is 10.5 Å². The lowest BCUT2D eigenvalue weighted by Crippen LogP contribution is -2.11. The molecular weight excluding hydrogens is 266 g/mol. The van der Waals surface area contributed by atoms with Gasteiger partial charge in [0.25, 0.3) is 0 Å². The highest BCUT2D eigenvalue weighted by Gasteiger charge is 2.05. The van der Waals surface area contributed by atoms with Gasteiger partial charge in [0, 0.05) is 17.3 Å². The number of ether oxygens (including phenoxy) is 1. The molecule has 106 valence electrons. The molecule has 0 amide bonds. The van der Waals surface area contributed by atoms with Crippen molar-refractivity contribution in [1.82, 2.24) is 20.2 Å². The monoisotopic (exact) mass is 281 g/mol. The van der Waals surface area contributed by atoms with E-state index >= 15 is 0 Å². The number of nitrogen functional groups attached to an aromatic ring is 1. The Morgan fingerprint density at radius 2 is 1.90 bits per heavy atom. The third kappa shape index (κ3) is 3.36. The van der Waals surface area contributed by atoms with Gasteiger partial charge in [-0.2, -0.15) is 4.80 Å². The average molecular weight is 281 g/mol. The van der Waals surface area contributed by atoms with Crippen LogP contribution < -0.4 is 10.5 Å². The van der Waals surface area contributed by atoms with Crippen molar-refractivity contribution in [3.63, 3.8) is 0 Å². The topological polar surface area (TPSA) is 78.9 Å². The molecule has 6 heteroatoms. The Morgan fingerprint density at radius 3 is 2.71 bits per heavy atom. The smallest absolute Gasteiger partial charge is 0.204 e. The Labute approximate surface area is 122 Å². The highest BCUT2D eigenvalue weighted by Crippen LogP contribution is 2.14. The molecule has 3 rings (SSSR count). The molecule has 2 N–H and O–H groups in total. The van der Waals surface area contributed by atoms with Crippen molar-refractivity contribution in [2.75, 3.05) is 12.3 Å². The van der Waals surface area contributed by atoms with Gasteiger partial charge in [0.2, 0.25) is 5.82 Å². The van der Waals surface area contributed by atoms with Gasteiger partial charge in [-0.15, -0.1) is 10.2 Å². The van der Waals surface area contributed by atoms with Gasteiger partial charge in [0.15, 0.2) is 0 Å². The Kier molecular flexibility index (Phi) is 3.77. The zero-order valence-corrected chi connectivity index (χ0v) is 11.4. The van der Waals surface area contributed by atoms with Crippen molar-refractivity contribution < 1.29 is 4.74 Å². The fourth-order valence-electron chi connectivity index (χ4n) is 1.89. The van der Waals surface area contributed by atoms with E-state index in [1.165, 1.54) is 4.80 Å². The van der Waals surface area contributed by atoms with Crippen molar-refractivity contribution in [3.8, 4) is 17.1 Å². The molecule has 0 radical (unpaired) electrons. The third-order valence-electron chi connectivity index (χ3n) is 2.90. The minimum atomic E-state index is 0.452. The molecule has 6 nitrogen and oxygen atoms in total. The van der Waals surface area contributed by atoms with E-state index in [0.29, 0.717) is 24.7 Å². The SMILES string of the molecule is Nc1cccc(OCCn2nnc(-c3ccccc3)n2)c1. The standard InChI is InChI=1S/C15H15N5O/c16-13-7-4-8-14(11-13)21-10-9-20-18-15(17-19-20)12-5-2-1-3-6-12/h1-8,11H,9-10,16H2. The Bertz CT molecular complexity index is 711. The van der Waals surface area contributed by atoms with E-state index in [0.717, 1.165) is 11.3 Å². The molecule has 0 atom stereocenters. The number of hydrogen-bond donors (Lipinski definition) is 1. The maximum absolute atomic E-state index is 5.69. The molecule has 0 spiro atoms. The molecule has 3 aromatic rings. The van der Waals surface area contributed by atoms with Crippen LogP contribution in [0.5, 0.6) is 5.75 Å².